The second-order valence-electron chi connectivity index (χ2n) is 6.07. The van der Waals surface area contributed by atoms with Gasteiger partial charge in [0.25, 0.3) is 0 Å². The number of nitrogens with one attached hydrogen (secondary N) is 2. The van der Waals surface area contributed by atoms with E-state index in [4.69, 9.17) is 11.6 Å². The monoisotopic (exact) mass is 370 g/mol. The Kier molecular flexibility index (Phi) is 6.07. The summed E-state index contributed by atoms with van der Waals surface area (Å²) in [5, 5.41) is 15.9. The van der Waals surface area contributed by atoms with Crippen molar-refractivity contribution in [1.82, 2.24) is 25.2 Å². The number of pyridine rings is 1. The second-order valence-corrected chi connectivity index (χ2v) is 6.50. The smallest absolute Gasteiger partial charge is 0.191 e. The summed E-state index contributed by atoms with van der Waals surface area (Å²) in [5.41, 5.74) is 2.04. The van der Waals surface area contributed by atoms with Crippen LogP contribution < -0.4 is 10.6 Å². The van der Waals surface area contributed by atoms with Crippen LogP contribution in [-0.4, -0.2) is 34.2 Å². The van der Waals surface area contributed by atoms with Crippen LogP contribution in [0.4, 0.5) is 0 Å². The molecule has 0 radical (unpaired) electrons. The zero-order chi connectivity index (χ0) is 18.4. The highest BCUT2D eigenvalue weighted by Gasteiger charge is 2.08. The third-order valence-electron chi connectivity index (χ3n) is 4.20. The molecule has 26 heavy (non-hydrogen) atoms. The number of aliphatic imine (C=N–C) groups is 1. The molecule has 2 aromatic heterocycles. The van der Waals surface area contributed by atoms with Crippen LogP contribution in [-0.2, 0) is 6.42 Å². The molecule has 3 aromatic rings. The summed E-state index contributed by atoms with van der Waals surface area (Å²) < 4.78 is 2.02. The van der Waals surface area contributed by atoms with Gasteiger partial charge in [-0.2, -0.15) is 0 Å². The minimum atomic E-state index is 0.138. The van der Waals surface area contributed by atoms with Gasteiger partial charge in [0, 0.05) is 31.2 Å². The number of aromatic nitrogens is 3. The SMILES string of the molecule is CN=C(NCCCc1nnc2ccccn12)NC(C)c1ccc(Cl)cc1. The molecule has 0 amide bonds. The highest BCUT2D eigenvalue weighted by Crippen LogP contribution is 2.15. The zero-order valence-corrected chi connectivity index (χ0v) is 15.7. The first-order valence-corrected chi connectivity index (χ1v) is 9.06. The summed E-state index contributed by atoms with van der Waals surface area (Å²) in [6, 6.07) is 13.9. The van der Waals surface area contributed by atoms with Gasteiger partial charge in [-0.25, -0.2) is 0 Å². The van der Waals surface area contributed by atoms with Gasteiger partial charge in [0.15, 0.2) is 11.6 Å². The van der Waals surface area contributed by atoms with E-state index in [0.717, 1.165) is 47.4 Å². The van der Waals surface area contributed by atoms with E-state index < -0.39 is 0 Å². The van der Waals surface area contributed by atoms with E-state index in [1.54, 1.807) is 7.05 Å². The molecule has 2 N–H and O–H groups in total. The van der Waals surface area contributed by atoms with Crippen molar-refractivity contribution in [2.75, 3.05) is 13.6 Å². The van der Waals surface area contributed by atoms with E-state index in [-0.39, 0.29) is 6.04 Å². The number of guanidine groups is 1. The van der Waals surface area contributed by atoms with Crippen molar-refractivity contribution in [2.24, 2.45) is 4.99 Å². The van der Waals surface area contributed by atoms with Crippen LogP contribution in [0.3, 0.4) is 0 Å². The van der Waals surface area contributed by atoms with Crippen LogP contribution in [0.15, 0.2) is 53.7 Å². The number of benzene rings is 1. The number of halogens is 1. The Morgan fingerprint density at radius 3 is 2.77 bits per heavy atom. The van der Waals surface area contributed by atoms with Crippen molar-refractivity contribution >= 4 is 23.2 Å². The number of rotatable bonds is 6. The molecule has 0 spiro atoms. The van der Waals surface area contributed by atoms with Gasteiger partial charge < -0.3 is 10.6 Å². The maximum absolute atomic E-state index is 5.94. The molecule has 0 fully saturated rings. The minimum Gasteiger partial charge on any atom is -0.356 e. The Bertz CT molecular complexity index is 871. The molecule has 0 aliphatic rings. The van der Waals surface area contributed by atoms with Crippen LogP contribution in [0.1, 0.15) is 30.8 Å². The molecule has 0 saturated carbocycles. The van der Waals surface area contributed by atoms with Gasteiger partial charge >= 0.3 is 0 Å². The Morgan fingerprint density at radius 1 is 1.19 bits per heavy atom. The summed E-state index contributed by atoms with van der Waals surface area (Å²) >= 11 is 5.94. The normalized spacial score (nSPS) is 13.0. The molecule has 0 aliphatic heterocycles. The van der Waals surface area contributed by atoms with Crippen molar-refractivity contribution in [1.29, 1.82) is 0 Å². The molecule has 6 nitrogen and oxygen atoms in total. The highest BCUT2D eigenvalue weighted by atomic mass is 35.5. The molecule has 0 aliphatic carbocycles. The topological polar surface area (TPSA) is 66.6 Å². The fraction of sp³-hybridized carbons (Fsp3) is 0.316. The number of aryl methyl sites for hydroxylation is 1. The van der Waals surface area contributed by atoms with Crippen LogP contribution in [0.2, 0.25) is 5.02 Å². The minimum absolute atomic E-state index is 0.138. The van der Waals surface area contributed by atoms with Gasteiger partial charge in [-0.3, -0.25) is 9.39 Å². The van der Waals surface area contributed by atoms with Gasteiger partial charge in [0.1, 0.15) is 5.82 Å². The van der Waals surface area contributed by atoms with Gasteiger partial charge in [0.05, 0.1) is 6.04 Å². The molecule has 2 heterocycles. The van der Waals surface area contributed by atoms with Gasteiger partial charge in [-0.1, -0.05) is 29.8 Å². The standard InChI is InChI=1S/C19H23ClN6/c1-14(15-8-10-16(20)11-9-15)23-19(21-2)22-12-5-7-18-25-24-17-6-3-4-13-26(17)18/h3-4,6,8-11,13-14H,5,7,12H2,1-2H3,(H2,21,22,23). The van der Waals surface area contributed by atoms with Gasteiger partial charge in [0.2, 0.25) is 0 Å². The number of hydrogen-bond donors (Lipinski definition) is 2. The lowest BCUT2D eigenvalue weighted by Gasteiger charge is -2.18. The summed E-state index contributed by atoms with van der Waals surface area (Å²) in [6.07, 6.45) is 3.78. The van der Waals surface area contributed by atoms with Crippen molar-refractivity contribution < 1.29 is 0 Å². The third-order valence-corrected chi connectivity index (χ3v) is 4.45. The maximum Gasteiger partial charge on any atom is 0.191 e. The van der Waals surface area contributed by atoms with E-state index in [9.17, 15) is 0 Å². The first-order valence-electron chi connectivity index (χ1n) is 8.68. The summed E-state index contributed by atoms with van der Waals surface area (Å²) in [5.74, 6) is 1.75. The molecule has 1 atom stereocenters. The average Bonchev–Trinajstić information content (AvgIpc) is 3.08. The molecular weight excluding hydrogens is 348 g/mol. The van der Waals surface area contributed by atoms with Crippen LogP contribution in [0.25, 0.3) is 5.65 Å². The highest BCUT2D eigenvalue weighted by molar-refractivity contribution is 6.30. The van der Waals surface area contributed by atoms with Crippen molar-refractivity contribution in [3.05, 3.63) is 65.1 Å². The Labute approximate surface area is 158 Å². The van der Waals surface area contributed by atoms with Gasteiger partial charge in [-0.15, -0.1) is 10.2 Å². The molecule has 7 heteroatoms. The van der Waals surface area contributed by atoms with Gasteiger partial charge in [-0.05, 0) is 43.2 Å². The molecule has 1 unspecified atom stereocenters. The quantitative estimate of drug-likeness (QED) is 0.397. The Balaban J connectivity index is 1.47. The Morgan fingerprint density at radius 2 is 2.00 bits per heavy atom. The first kappa shape index (κ1) is 18.2. The van der Waals surface area contributed by atoms with Crippen molar-refractivity contribution in [3.63, 3.8) is 0 Å². The van der Waals surface area contributed by atoms with Crippen molar-refractivity contribution in [3.8, 4) is 0 Å². The molecular formula is C19H23ClN6. The first-order chi connectivity index (χ1) is 12.7. The molecule has 1 aromatic carbocycles. The summed E-state index contributed by atoms with van der Waals surface area (Å²) in [4.78, 5) is 4.29. The van der Waals surface area contributed by atoms with E-state index in [2.05, 4.69) is 32.7 Å². The lowest BCUT2D eigenvalue weighted by Crippen LogP contribution is -2.39. The van der Waals surface area contributed by atoms with E-state index in [1.165, 1.54) is 0 Å². The molecule has 0 saturated heterocycles. The summed E-state index contributed by atoms with van der Waals surface area (Å²) in [7, 11) is 1.77. The van der Waals surface area contributed by atoms with E-state index >= 15 is 0 Å². The number of hydrogen-bond acceptors (Lipinski definition) is 3. The fourth-order valence-electron chi connectivity index (χ4n) is 2.75. The zero-order valence-electron chi connectivity index (χ0n) is 15.0. The Hall–Kier alpha value is -2.60. The van der Waals surface area contributed by atoms with E-state index in [0.29, 0.717) is 0 Å². The lowest BCUT2D eigenvalue weighted by atomic mass is 10.1. The third kappa shape index (κ3) is 4.52. The second kappa shape index (κ2) is 8.67. The van der Waals surface area contributed by atoms with Crippen molar-refractivity contribution in [2.45, 2.75) is 25.8 Å². The van der Waals surface area contributed by atoms with E-state index in [1.807, 2.05) is 53.1 Å². The molecule has 3 rings (SSSR count). The largest absolute Gasteiger partial charge is 0.356 e. The molecule has 136 valence electrons. The number of nitrogens with zero attached hydrogens (tertiary/aromatic N) is 4. The molecule has 0 bridgehead atoms. The fourth-order valence-corrected chi connectivity index (χ4v) is 2.88. The van der Waals surface area contributed by atoms with Crippen LogP contribution in [0, 0.1) is 0 Å². The van der Waals surface area contributed by atoms with Crippen LogP contribution >= 0.6 is 11.6 Å². The predicted molar refractivity (Wildman–Crippen MR) is 106 cm³/mol. The maximum atomic E-state index is 5.94. The summed E-state index contributed by atoms with van der Waals surface area (Å²) in [6.45, 7) is 2.90. The van der Waals surface area contributed by atoms with Crippen LogP contribution in [0.5, 0.6) is 0 Å². The average molecular weight is 371 g/mol. The predicted octanol–water partition coefficient (Wildman–Crippen LogP) is 3.24. The number of fused-ring (bicyclic) bond motifs is 1. The lowest BCUT2D eigenvalue weighted by molar-refractivity contribution is 0.667.